The third-order valence-electron chi connectivity index (χ3n) is 1.55. The van der Waals surface area contributed by atoms with Crippen molar-refractivity contribution in [2.75, 3.05) is 23.3 Å². The van der Waals surface area contributed by atoms with Gasteiger partial charge in [0.2, 0.25) is 10.0 Å². The maximum atomic E-state index is 10.6. The van der Waals surface area contributed by atoms with Gasteiger partial charge >= 0.3 is 0 Å². The minimum absolute atomic E-state index is 0.157. The average molecular weight is 231 g/mol. The summed E-state index contributed by atoms with van der Waals surface area (Å²) in [6.45, 7) is 1.88. The third kappa shape index (κ3) is 4.56. The van der Waals surface area contributed by atoms with Crippen molar-refractivity contribution in [1.29, 1.82) is 0 Å². The molecule has 1 aromatic rings. The molecule has 0 aliphatic rings. The number of hydrogen-bond donors (Lipinski definition) is 3. The van der Waals surface area contributed by atoms with Gasteiger partial charge in [0, 0.05) is 12.6 Å². The van der Waals surface area contributed by atoms with Crippen molar-refractivity contribution in [1.82, 2.24) is 9.97 Å². The highest BCUT2D eigenvalue weighted by atomic mass is 32.2. The van der Waals surface area contributed by atoms with E-state index in [1.54, 1.807) is 6.92 Å². The van der Waals surface area contributed by atoms with Crippen LogP contribution in [0.15, 0.2) is 6.07 Å². The monoisotopic (exact) mass is 231 g/mol. The van der Waals surface area contributed by atoms with Crippen molar-refractivity contribution >= 4 is 21.7 Å². The molecule has 0 aliphatic heterocycles. The number of rotatable bonds is 4. The van der Waals surface area contributed by atoms with Crippen LogP contribution in [-0.2, 0) is 10.0 Å². The first kappa shape index (κ1) is 11.7. The Morgan fingerprint density at radius 2 is 2.13 bits per heavy atom. The molecule has 1 aromatic heterocycles. The molecule has 0 radical (unpaired) electrons. The molecular weight excluding hydrogens is 218 g/mol. The van der Waals surface area contributed by atoms with Gasteiger partial charge in [-0.15, -0.1) is 0 Å². The van der Waals surface area contributed by atoms with Crippen molar-refractivity contribution in [2.45, 2.75) is 6.92 Å². The summed E-state index contributed by atoms with van der Waals surface area (Å²) in [6.07, 6.45) is 0. The maximum absolute atomic E-state index is 10.6. The first-order valence-electron chi connectivity index (χ1n) is 4.22. The average Bonchev–Trinajstić information content (AvgIpc) is 1.99. The van der Waals surface area contributed by atoms with Gasteiger partial charge in [-0.3, -0.25) is 0 Å². The number of aryl methyl sites for hydroxylation is 1. The number of nitrogen functional groups attached to an aromatic ring is 1. The van der Waals surface area contributed by atoms with E-state index in [1.807, 2.05) is 0 Å². The van der Waals surface area contributed by atoms with Crippen LogP contribution in [0, 0.1) is 6.92 Å². The molecule has 15 heavy (non-hydrogen) atoms. The summed E-state index contributed by atoms with van der Waals surface area (Å²) in [5.74, 6) is 1.19. The largest absolute Gasteiger partial charge is 0.384 e. The van der Waals surface area contributed by atoms with E-state index < -0.39 is 10.0 Å². The molecule has 0 fully saturated rings. The van der Waals surface area contributed by atoms with E-state index in [2.05, 4.69) is 15.3 Å². The molecule has 0 aliphatic carbocycles. The molecule has 0 amide bonds. The van der Waals surface area contributed by atoms with Crippen LogP contribution in [0.25, 0.3) is 0 Å². The Morgan fingerprint density at radius 1 is 1.47 bits per heavy atom. The topological polar surface area (TPSA) is 124 Å². The number of primary sulfonamides is 1. The second-order valence-electron chi connectivity index (χ2n) is 3.02. The Hall–Kier alpha value is -1.41. The summed E-state index contributed by atoms with van der Waals surface area (Å²) in [5.41, 5.74) is 5.48. The Balaban J connectivity index is 2.58. The van der Waals surface area contributed by atoms with E-state index in [9.17, 15) is 8.42 Å². The van der Waals surface area contributed by atoms with Crippen molar-refractivity contribution in [3.05, 3.63) is 11.9 Å². The van der Waals surface area contributed by atoms with Crippen molar-refractivity contribution in [2.24, 2.45) is 5.14 Å². The molecule has 0 aromatic carbocycles. The predicted octanol–water partition coefficient (Wildman–Crippen LogP) is -0.932. The first-order chi connectivity index (χ1) is 6.87. The van der Waals surface area contributed by atoms with Crippen LogP contribution < -0.4 is 16.2 Å². The summed E-state index contributed by atoms with van der Waals surface area (Å²) >= 11 is 0. The molecular formula is C7H13N5O2S. The van der Waals surface area contributed by atoms with Gasteiger partial charge in [0.25, 0.3) is 0 Å². The van der Waals surface area contributed by atoms with Gasteiger partial charge in [-0.25, -0.2) is 23.5 Å². The van der Waals surface area contributed by atoms with Crippen LogP contribution in [0.1, 0.15) is 5.82 Å². The van der Waals surface area contributed by atoms with E-state index in [0.29, 0.717) is 17.5 Å². The highest BCUT2D eigenvalue weighted by molar-refractivity contribution is 7.89. The van der Waals surface area contributed by atoms with E-state index >= 15 is 0 Å². The molecule has 0 atom stereocenters. The fraction of sp³-hybridized carbons (Fsp3) is 0.429. The predicted molar refractivity (Wildman–Crippen MR) is 57.6 cm³/mol. The van der Waals surface area contributed by atoms with E-state index in [1.165, 1.54) is 6.07 Å². The molecule has 7 nitrogen and oxygen atoms in total. The minimum Gasteiger partial charge on any atom is -0.384 e. The lowest BCUT2D eigenvalue weighted by Gasteiger charge is -2.05. The summed E-state index contributed by atoms with van der Waals surface area (Å²) in [4.78, 5) is 7.89. The zero-order valence-electron chi connectivity index (χ0n) is 8.27. The summed E-state index contributed by atoms with van der Waals surface area (Å²) in [7, 11) is -3.45. The molecule has 0 saturated heterocycles. The van der Waals surface area contributed by atoms with Gasteiger partial charge in [-0.05, 0) is 6.92 Å². The third-order valence-corrected chi connectivity index (χ3v) is 2.32. The molecule has 0 saturated carbocycles. The van der Waals surface area contributed by atoms with Crippen LogP contribution in [0.3, 0.4) is 0 Å². The lowest BCUT2D eigenvalue weighted by molar-refractivity contribution is 0.598. The van der Waals surface area contributed by atoms with Gasteiger partial charge in [0.05, 0.1) is 5.75 Å². The molecule has 5 N–H and O–H groups in total. The summed E-state index contributed by atoms with van der Waals surface area (Å²) in [6, 6.07) is 1.52. The Bertz CT molecular complexity index is 424. The number of nitrogens with one attached hydrogen (secondary N) is 1. The quantitative estimate of drug-likeness (QED) is 0.614. The first-order valence-corrected chi connectivity index (χ1v) is 5.94. The van der Waals surface area contributed by atoms with Crippen molar-refractivity contribution in [3.63, 3.8) is 0 Å². The van der Waals surface area contributed by atoms with Crippen LogP contribution >= 0.6 is 0 Å². The zero-order chi connectivity index (χ0) is 11.5. The van der Waals surface area contributed by atoms with Gasteiger partial charge in [0.15, 0.2) is 0 Å². The zero-order valence-corrected chi connectivity index (χ0v) is 9.08. The number of nitrogens with two attached hydrogens (primary N) is 2. The molecule has 1 rings (SSSR count). The van der Waals surface area contributed by atoms with E-state index in [-0.39, 0.29) is 12.3 Å². The SMILES string of the molecule is Cc1nc(N)cc(NCCS(N)(=O)=O)n1. The van der Waals surface area contributed by atoms with Gasteiger partial charge in [0.1, 0.15) is 17.5 Å². The lowest BCUT2D eigenvalue weighted by atomic mass is 10.5. The number of hydrogen-bond acceptors (Lipinski definition) is 6. The maximum Gasteiger partial charge on any atom is 0.210 e. The fourth-order valence-corrected chi connectivity index (χ4v) is 1.39. The highest BCUT2D eigenvalue weighted by Gasteiger charge is 2.03. The van der Waals surface area contributed by atoms with E-state index in [0.717, 1.165) is 0 Å². The number of nitrogens with zero attached hydrogens (tertiary/aromatic N) is 2. The lowest BCUT2D eigenvalue weighted by Crippen LogP contribution is -2.22. The smallest absolute Gasteiger partial charge is 0.210 e. The molecule has 1 heterocycles. The molecule has 8 heteroatoms. The van der Waals surface area contributed by atoms with Crippen LogP contribution in [0.2, 0.25) is 0 Å². The van der Waals surface area contributed by atoms with Crippen LogP contribution in [0.5, 0.6) is 0 Å². The Labute approximate surface area is 88.0 Å². The number of anilines is 2. The summed E-state index contributed by atoms with van der Waals surface area (Å²) in [5, 5.41) is 7.63. The number of aromatic nitrogens is 2. The van der Waals surface area contributed by atoms with Crippen molar-refractivity contribution < 1.29 is 8.42 Å². The second-order valence-corrected chi connectivity index (χ2v) is 4.75. The fourth-order valence-electron chi connectivity index (χ4n) is 1.00. The molecule has 0 unspecified atom stereocenters. The molecule has 0 spiro atoms. The van der Waals surface area contributed by atoms with Crippen molar-refractivity contribution in [3.8, 4) is 0 Å². The van der Waals surface area contributed by atoms with Crippen LogP contribution in [0.4, 0.5) is 11.6 Å². The molecule has 84 valence electrons. The van der Waals surface area contributed by atoms with Crippen LogP contribution in [-0.4, -0.2) is 30.7 Å². The van der Waals surface area contributed by atoms with Gasteiger partial charge in [-0.2, -0.15) is 0 Å². The summed E-state index contributed by atoms with van der Waals surface area (Å²) < 4.78 is 21.3. The second kappa shape index (κ2) is 4.41. The van der Waals surface area contributed by atoms with Gasteiger partial charge < -0.3 is 11.1 Å². The number of sulfonamides is 1. The normalized spacial score (nSPS) is 11.3. The molecule has 0 bridgehead atoms. The Kier molecular flexibility index (Phi) is 3.43. The highest BCUT2D eigenvalue weighted by Crippen LogP contribution is 2.06. The standard InChI is InChI=1S/C7H13N5O2S/c1-5-11-6(8)4-7(12-5)10-2-3-15(9,13)14/h4H,2-3H2,1H3,(H2,9,13,14)(H3,8,10,11,12). The Morgan fingerprint density at radius 3 is 2.67 bits per heavy atom. The van der Waals surface area contributed by atoms with E-state index in [4.69, 9.17) is 10.9 Å². The minimum atomic E-state index is -3.45. The van der Waals surface area contributed by atoms with Gasteiger partial charge in [-0.1, -0.05) is 0 Å².